The summed E-state index contributed by atoms with van der Waals surface area (Å²) >= 11 is 0. The Morgan fingerprint density at radius 3 is 2.50 bits per heavy atom. The molecule has 2 rings (SSSR count). The minimum absolute atomic E-state index is 0.0950. The summed E-state index contributed by atoms with van der Waals surface area (Å²) in [7, 11) is -3.53. The summed E-state index contributed by atoms with van der Waals surface area (Å²) in [5.74, 6) is -0.445. The number of sulfonamides is 1. The van der Waals surface area contributed by atoms with Crippen molar-refractivity contribution < 1.29 is 22.4 Å². The molecule has 1 aliphatic rings. The predicted octanol–water partition coefficient (Wildman–Crippen LogP) is -0.591. The van der Waals surface area contributed by atoms with E-state index in [2.05, 4.69) is 4.72 Å². The van der Waals surface area contributed by atoms with Crippen molar-refractivity contribution in [1.29, 1.82) is 0 Å². The SMILES string of the molecule is O=S(=O)(NCCC[NH+]1CCOCC1)c1ccc(F)cc1. The minimum atomic E-state index is -3.53. The predicted molar refractivity (Wildman–Crippen MR) is 72.6 cm³/mol. The Labute approximate surface area is 118 Å². The van der Waals surface area contributed by atoms with Crippen molar-refractivity contribution in [1.82, 2.24) is 4.72 Å². The first-order valence-electron chi connectivity index (χ1n) is 6.74. The highest BCUT2D eigenvalue weighted by molar-refractivity contribution is 7.89. The van der Waals surface area contributed by atoms with Gasteiger partial charge in [0.15, 0.2) is 0 Å². The third-order valence-electron chi connectivity index (χ3n) is 3.32. The van der Waals surface area contributed by atoms with E-state index in [9.17, 15) is 12.8 Å². The maximum absolute atomic E-state index is 12.8. The molecule has 1 fully saturated rings. The second kappa shape index (κ2) is 7.12. The third-order valence-corrected chi connectivity index (χ3v) is 4.80. The van der Waals surface area contributed by atoms with Crippen molar-refractivity contribution in [2.45, 2.75) is 11.3 Å². The second-order valence-electron chi connectivity index (χ2n) is 4.82. The van der Waals surface area contributed by atoms with Crippen LogP contribution in [0.2, 0.25) is 0 Å². The quantitative estimate of drug-likeness (QED) is 0.691. The lowest BCUT2D eigenvalue weighted by molar-refractivity contribution is -0.908. The molecule has 0 aliphatic carbocycles. The molecule has 0 bridgehead atoms. The molecule has 0 unspecified atom stereocenters. The number of nitrogens with one attached hydrogen (secondary N) is 2. The highest BCUT2D eigenvalue weighted by Gasteiger charge is 2.15. The smallest absolute Gasteiger partial charge is 0.240 e. The average Bonchev–Trinajstić information content (AvgIpc) is 2.45. The molecule has 0 radical (unpaired) electrons. The normalized spacial score (nSPS) is 17.2. The van der Waals surface area contributed by atoms with Gasteiger partial charge in [-0.05, 0) is 24.3 Å². The van der Waals surface area contributed by atoms with E-state index in [1.165, 1.54) is 17.0 Å². The fourth-order valence-corrected chi connectivity index (χ4v) is 3.23. The summed E-state index contributed by atoms with van der Waals surface area (Å²) in [6.45, 7) is 4.82. The van der Waals surface area contributed by atoms with Gasteiger partial charge in [0.05, 0.1) is 24.7 Å². The first-order chi connectivity index (χ1) is 9.58. The van der Waals surface area contributed by atoms with Crippen LogP contribution in [-0.2, 0) is 14.8 Å². The number of hydrogen-bond acceptors (Lipinski definition) is 3. The number of hydrogen-bond donors (Lipinski definition) is 2. The molecule has 1 aromatic rings. The molecule has 112 valence electrons. The lowest BCUT2D eigenvalue weighted by atomic mass is 10.3. The van der Waals surface area contributed by atoms with Crippen molar-refractivity contribution >= 4 is 10.0 Å². The van der Waals surface area contributed by atoms with Gasteiger partial charge in [-0.3, -0.25) is 0 Å². The standard InChI is InChI=1S/C13H19FN2O3S/c14-12-2-4-13(5-3-12)20(17,18)15-6-1-7-16-8-10-19-11-9-16/h2-5,15H,1,6-11H2/p+1. The van der Waals surface area contributed by atoms with Crippen molar-refractivity contribution in [2.24, 2.45) is 0 Å². The third kappa shape index (κ3) is 4.52. The lowest BCUT2D eigenvalue weighted by Crippen LogP contribution is -3.14. The van der Waals surface area contributed by atoms with Crippen molar-refractivity contribution in [3.63, 3.8) is 0 Å². The number of morpholine rings is 1. The Morgan fingerprint density at radius 1 is 1.20 bits per heavy atom. The van der Waals surface area contributed by atoms with E-state index in [1.807, 2.05) is 0 Å². The van der Waals surface area contributed by atoms with Gasteiger partial charge in [-0.1, -0.05) is 0 Å². The Bertz CT molecular complexity index is 513. The number of benzene rings is 1. The minimum Gasteiger partial charge on any atom is -0.370 e. The van der Waals surface area contributed by atoms with Crippen LogP contribution in [0.5, 0.6) is 0 Å². The van der Waals surface area contributed by atoms with E-state index in [1.54, 1.807) is 0 Å². The van der Waals surface area contributed by atoms with Crippen LogP contribution in [0.4, 0.5) is 4.39 Å². The van der Waals surface area contributed by atoms with E-state index in [0.29, 0.717) is 6.54 Å². The van der Waals surface area contributed by atoms with Gasteiger partial charge >= 0.3 is 0 Å². The van der Waals surface area contributed by atoms with Crippen LogP contribution in [0.25, 0.3) is 0 Å². The van der Waals surface area contributed by atoms with Crippen molar-refractivity contribution in [3.8, 4) is 0 Å². The molecule has 1 aliphatic heterocycles. The van der Waals surface area contributed by atoms with Gasteiger partial charge in [0, 0.05) is 13.0 Å². The number of halogens is 1. The molecule has 0 saturated carbocycles. The first-order valence-corrected chi connectivity index (χ1v) is 8.23. The van der Waals surface area contributed by atoms with Crippen LogP contribution in [0.3, 0.4) is 0 Å². The molecule has 0 amide bonds. The maximum Gasteiger partial charge on any atom is 0.240 e. The molecular weight excluding hydrogens is 283 g/mol. The fourth-order valence-electron chi connectivity index (χ4n) is 2.15. The summed E-state index contributed by atoms with van der Waals surface area (Å²) in [5, 5.41) is 0. The van der Waals surface area contributed by atoms with Crippen molar-refractivity contribution in [2.75, 3.05) is 39.4 Å². The Balaban J connectivity index is 1.76. The zero-order valence-electron chi connectivity index (χ0n) is 11.3. The molecule has 0 atom stereocenters. The van der Waals surface area contributed by atoms with E-state index in [-0.39, 0.29) is 4.90 Å². The highest BCUT2D eigenvalue weighted by Crippen LogP contribution is 2.09. The van der Waals surface area contributed by atoms with E-state index in [0.717, 1.165) is 51.4 Å². The molecule has 1 heterocycles. The summed E-state index contributed by atoms with van der Waals surface area (Å²) < 4.78 is 44.4. The van der Waals surface area contributed by atoms with Crippen LogP contribution < -0.4 is 9.62 Å². The number of rotatable bonds is 6. The van der Waals surface area contributed by atoms with E-state index < -0.39 is 15.8 Å². The molecule has 1 saturated heterocycles. The molecule has 0 spiro atoms. The van der Waals surface area contributed by atoms with Gasteiger partial charge in [0.1, 0.15) is 18.9 Å². The van der Waals surface area contributed by atoms with Gasteiger partial charge in [-0.15, -0.1) is 0 Å². The van der Waals surface area contributed by atoms with Gasteiger partial charge in [-0.2, -0.15) is 0 Å². The first kappa shape index (κ1) is 15.4. The number of quaternary nitrogens is 1. The van der Waals surface area contributed by atoms with Crippen molar-refractivity contribution in [3.05, 3.63) is 30.1 Å². The molecule has 1 aromatic carbocycles. The molecule has 2 N–H and O–H groups in total. The summed E-state index contributed by atoms with van der Waals surface area (Å²) in [6, 6.07) is 4.83. The van der Waals surface area contributed by atoms with Crippen LogP contribution in [0.1, 0.15) is 6.42 Å². The van der Waals surface area contributed by atoms with Gasteiger partial charge in [-0.25, -0.2) is 17.5 Å². The summed E-state index contributed by atoms with van der Waals surface area (Å²) in [5.41, 5.74) is 0. The lowest BCUT2D eigenvalue weighted by Gasteiger charge is -2.23. The zero-order chi connectivity index (χ0) is 14.4. The monoisotopic (exact) mass is 303 g/mol. The fraction of sp³-hybridized carbons (Fsp3) is 0.538. The molecule has 20 heavy (non-hydrogen) atoms. The van der Waals surface area contributed by atoms with Crippen LogP contribution in [0.15, 0.2) is 29.2 Å². The average molecular weight is 303 g/mol. The van der Waals surface area contributed by atoms with Crippen LogP contribution >= 0.6 is 0 Å². The highest BCUT2D eigenvalue weighted by atomic mass is 32.2. The van der Waals surface area contributed by atoms with Crippen LogP contribution in [-0.4, -0.2) is 47.8 Å². The summed E-state index contributed by atoms with van der Waals surface area (Å²) in [6.07, 6.45) is 0.774. The van der Waals surface area contributed by atoms with Crippen LogP contribution in [0, 0.1) is 5.82 Å². The Morgan fingerprint density at radius 2 is 1.85 bits per heavy atom. The number of ether oxygens (including phenoxy) is 1. The van der Waals surface area contributed by atoms with E-state index >= 15 is 0 Å². The molecule has 0 aromatic heterocycles. The molecule has 5 nitrogen and oxygen atoms in total. The zero-order valence-corrected chi connectivity index (χ0v) is 12.1. The Hall–Kier alpha value is -1.02. The molecular formula is C13H20FN2O3S+. The topological polar surface area (TPSA) is 59.8 Å². The Kier molecular flexibility index (Phi) is 5.47. The van der Waals surface area contributed by atoms with E-state index in [4.69, 9.17) is 4.74 Å². The maximum atomic E-state index is 12.8. The second-order valence-corrected chi connectivity index (χ2v) is 6.58. The largest absolute Gasteiger partial charge is 0.370 e. The van der Waals surface area contributed by atoms with Gasteiger partial charge < -0.3 is 9.64 Å². The molecule has 7 heteroatoms. The van der Waals surface area contributed by atoms with Gasteiger partial charge in [0.2, 0.25) is 10.0 Å². The van der Waals surface area contributed by atoms with Gasteiger partial charge in [0.25, 0.3) is 0 Å². The summed E-state index contributed by atoms with van der Waals surface area (Å²) in [4.78, 5) is 1.54.